The van der Waals surface area contributed by atoms with Crippen molar-refractivity contribution in [2.75, 3.05) is 20.0 Å². The molecule has 1 aliphatic rings. The van der Waals surface area contributed by atoms with E-state index in [9.17, 15) is 0 Å². The molecule has 0 spiro atoms. The summed E-state index contributed by atoms with van der Waals surface area (Å²) in [4.78, 5) is 1.14. The van der Waals surface area contributed by atoms with Gasteiger partial charge in [0.05, 0.1) is 28.6 Å². The minimum absolute atomic E-state index is 0.646. The maximum Gasteiger partial charge on any atom is 0.212 e. The number of thioether (sulfide) groups is 1. The number of hydrogen-bond acceptors (Lipinski definition) is 7. The largest absolute Gasteiger partial charge is 0.493 e. The van der Waals surface area contributed by atoms with Crippen molar-refractivity contribution in [2.24, 2.45) is 5.10 Å². The number of thiophene rings is 1. The van der Waals surface area contributed by atoms with E-state index >= 15 is 0 Å². The molecule has 0 unspecified atom stereocenters. The molecule has 128 valence electrons. The molecule has 4 rings (SSSR count). The number of rotatable bonds is 4. The van der Waals surface area contributed by atoms with Crippen LogP contribution in [-0.4, -0.2) is 40.6 Å². The minimum Gasteiger partial charge on any atom is -0.493 e. The van der Waals surface area contributed by atoms with Crippen LogP contribution in [0.4, 0.5) is 0 Å². The molecule has 0 atom stereocenters. The molecule has 1 aliphatic heterocycles. The fourth-order valence-electron chi connectivity index (χ4n) is 2.47. The molecule has 6 nitrogen and oxygen atoms in total. The van der Waals surface area contributed by atoms with E-state index < -0.39 is 0 Å². The molecule has 1 aromatic carbocycles. The number of nitrogens with zero attached hydrogens (tertiary/aromatic N) is 4. The van der Waals surface area contributed by atoms with Gasteiger partial charge in [0.2, 0.25) is 5.16 Å². The van der Waals surface area contributed by atoms with Crippen molar-refractivity contribution < 1.29 is 9.47 Å². The Morgan fingerprint density at radius 2 is 1.92 bits per heavy atom. The summed E-state index contributed by atoms with van der Waals surface area (Å²) in [5.74, 6) is 2.77. The molecule has 0 amide bonds. The second-order valence-electron chi connectivity index (χ2n) is 5.13. The van der Waals surface area contributed by atoms with Crippen LogP contribution in [0.15, 0.2) is 44.4 Å². The van der Waals surface area contributed by atoms with E-state index in [0.29, 0.717) is 17.3 Å². The van der Waals surface area contributed by atoms with E-state index in [-0.39, 0.29) is 0 Å². The zero-order chi connectivity index (χ0) is 17.4. The van der Waals surface area contributed by atoms with Crippen LogP contribution in [-0.2, 0) is 0 Å². The van der Waals surface area contributed by atoms with Gasteiger partial charge in [-0.2, -0.15) is 9.78 Å². The normalized spacial score (nSPS) is 13.3. The van der Waals surface area contributed by atoms with E-state index in [4.69, 9.17) is 14.6 Å². The summed E-state index contributed by atoms with van der Waals surface area (Å²) in [6, 6.07) is 9.76. The Morgan fingerprint density at radius 3 is 2.64 bits per heavy atom. The molecular weight excluding hydrogens is 424 g/mol. The Balaban J connectivity index is 1.78. The molecule has 0 aliphatic carbocycles. The Kier molecular flexibility index (Phi) is 4.53. The summed E-state index contributed by atoms with van der Waals surface area (Å²) in [6.45, 7) is 0. The highest BCUT2D eigenvalue weighted by Crippen LogP contribution is 2.34. The van der Waals surface area contributed by atoms with E-state index in [2.05, 4.69) is 32.2 Å². The topological polar surface area (TPSA) is 61.5 Å². The highest BCUT2D eigenvalue weighted by atomic mass is 79.9. The first kappa shape index (κ1) is 16.6. The van der Waals surface area contributed by atoms with Crippen LogP contribution in [0.1, 0.15) is 4.88 Å². The lowest BCUT2D eigenvalue weighted by Gasteiger charge is -2.13. The molecule has 9 heteroatoms. The van der Waals surface area contributed by atoms with Crippen molar-refractivity contribution in [3.63, 3.8) is 0 Å². The predicted molar refractivity (Wildman–Crippen MR) is 103 cm³/mol. The van der Waals surface area contributed by atoms with Gasteiger partial charge in [-0.3, -0.25) is 0 Å². The third kappa shape index (κ3) is 3.07. The second-order valence-corrected chi connectivity index (χ2v) is 8.53. The van der Waals surface area contributed by atoms with E-state index in [1.165, 1.54) is 0 Å². The van der Waals surface area contributed by atoms with Gasteiger partial charge >= 0.3 is 0 Å². The van der Waals surface area contributed by atoms with Gasteiger partial charge in [0, 0.05) is 11.3 Å². The highest BCUT2D eigenvalue weighted by Gasteiger charge is 2.22. The van der Waals surface area contributed by atoms with Crippen LogP contribution in [0.25, 0.3) is 11.4 Å². The quantitative estimate of drug-likeness (QED) is 0.614. The predicted octanol–water partition coefficient (Wildman–Crippen LogP) is 4.14. The number of benzene rings is 1. The van der Waals surface area contributed by atoms with Crippen LogP contribution >= 0.6 is 39.0 Å². The average molecular weight is 437 g/mol. The van der Waals surface area contributed by atoms with Crippen LogP contribution in [0.5, 0.6) is 11.5 Å². The van der Waals surface area contributed by atoms with Crippen LogP contribution in [0.2, 0.25) is 0 Å². The molecule has 3 aromatic rings. The minimum atomic E-state index is 0.646. The van der Waals surface area contributed by atoms with Gasteiger partial charge in [0.1, 0.15) is 0 Å². The van der Waals surface area contributed by atoms with E-state index in [1.807, 2.05) is 24.3 Å². The highest BCUT2D eigenvalue weighted by molar-refractivity contribution is 9.11. The van der Waals surface area contributed by atoms with Gasteiger partial charge < -0.3 is 9.47 Å². The fourth-order valence-corrected chi connectivity index (χ4v) is 4.76. The first-order valence-corrected chi connectivity index (χ1v) is 9.93. The standard InChI is InChI=1S/C16H13BrN4O2S2/c1-22-11-4-3-9(7-12(11)23-2)15-18-19-16-21(15)20-10(8-24-16)13-5-6-14(17)25-13/h3-7H,8H2,1-2H3. The molecular formula is C16H13BrN4O2S2. The summed E-state index contributed by atoms with van der Waals surface area (Å²) in [7, 11) is 3.23. The summed E-state index contributed by atoms with van der Waals surface area (Å²) in [6.07, 6.45) is 0. The Hall–Kier alpha value is -1.84. The Bertz CT molecular complexity index is 967. The van der Waals surface area contributed by atoms with Crippen molar-refractivity contribution in [3.8, 4) is 22.9 Å². The zero-order valence-electron chi connectivity index (χ0n) is 13.4. The van der Waals surface area contributed by atoms with Gasteiger partial charge in [-0.1, -0.05) is 11.8 Å². The third-order valence-corrected chi connectivity index (χ3v) is 6.27. The number of methoxy groups -OCH3 is 2. The van der Waals surface area contributed by atoms with Gasteiger partial charge in [-0.15, -0.1) is 21.5 Å². The molecule has 0 radical (unpaired) electrons. The van der Waals surface area contributed by atoms with Crippen LogP contribution < -0.4 is 9.47 Å². The molecule has 0 N–H and O–H groups in total. The number of aromatic nitrogens is 3. The van der Waals surface area contributed by atoms with Crippen molar-refractivity contribution in [2.45, 2.75) is 5.16 Å². The van der Waals surface area contributed by atoms with Crippen LogP contribution in [0, 0.1) is 0 Å². The lowest BCUT2D eigenvalue weighted by atomic mass is 10.2. The number of fused-ring (bicyclic) bond motifs is 1. The molecule has 0 saturated heterocycles. The average Bonchev–Trinajstić information content (AvgIpc) is 3.26. The number of halogens is 1. The first-order valence-electron chi connectivity index (χ1n) is 7.34. The van der Waals surface area contributed by atoms with Gasteiger partial charge in [0.25, 0.3) is 0 Å². The third-order valence-electron chi connectivity index (χ3n) is 3.67. The Morgan fingerprint density at radius 1 is 1.08 bits per heavy atom. The molecule has 3 heterocycles. The van der Waals surface area contributed by atoms with E-state index in [0.717, 1.165) is 30.8 Å². The fraction of sp³-hybridized carbons (Fsp3) is 0.188. The van der Waals surface area contributed by atoms with Gasteiger partial charge in [-0.05, 0) is 46.3 Å². The number of ether oxygens (including phenoxy) is 2. The summed E-state index contributed by atoms with van der Waals surface area (Å²) >= 11 is 6.80. The van der Waals surface area contributed by atoms with Crippen molar-refractivity contribution in [1.82, 2.24) is 14.9 Å². The zero-order valence-corrected chi connectivity index (χ0v) is 16.6. The summed E-state index contributed by atoms with van der Waals surface area (Å²) in [5.41, 5.74) is 1.88. The monoisotopic (exact) mass is 436 g/mol. The maximum absolute atomic E-state index is 5.39. The molecule has 0 saturated carbocycles. The molecule has 25 heavy (non-hydrogen) atoms. The van der Waals surface area contributed by atoms with Crippen molar-refractivity contribution in [3.05, 3.63) is 39.0 Å². The summed E-state index contributed by atoms with van der Waals surface area (Å²) in [5, 5.41) is 14.1. The summed E-state index contributed by atoms with van der Waals surface area (Å²) < 4.78 is 13.6. The second kappa shape index (κ2) is 6.81. The lowest BCUT2D eigenvalue weighted by Crippen LogP contribution is -2.12. The smallest absolute Gasteiger partial charge is 0.212 e. The van der Waals surface area contributed by atoms with Crippen molar-refractivity contribution in [1.29, 1.82) is 0 Å². The SMILES string of the molecule is COc1ccc(-c2nnc3n2N=C(c2ccc(Br)s2)CS3)cc1OC. The van der Waals surface area contributed by atoms with Gasteiger partial charge in [0.15, 0.2) is 17.3 Å². The van der Waals surface area contributed by atoms with E-state index in [1.54, 1.807) is 42.0 Å². The lowest BCUT2D eigenvalue weighted by molar-refractivity contribution is 0.355. The number of hydrogen-bond donors (Lipinski definition) is 0. The van der Waals surface area contributed by atoms with Crippen LogP contribution in [0.3, 0.4) is 0 Å². The molecule has 2 aromatic heterocycles. The molecule has 0 bridgehead atoms. The molecule has 0 fully saturated rings. The van der Waals surface area contributed by atoms with Gasteiger partial charge in [-0.25, -0.2) is 0 Å². The Labute approximate surface area is 161 Å². The van der Waals surface area contributed by atoms with Crippen molar-refractivity contribution >= 4 is 44.7 Å². The first-order chi connectivity index (χ1) is 12.2. The maximum atomic E-state index is 5.39.